The summed E-state index contributed by atoms with van der Waals surface area (Å²) in [6.07, 6.45) is 11.9. The molecule has 2 fully saturated rings. The molecule has 0 spiro atoms. The summed E-state index contributed by atoms with van der Waals surface area (Å²) in [4.78, 5) is 30.6. The van der Waals surface area contributed by atoms with E-state index in [1.807, 2.05) is 37.3 Å². The quantitative estimate of drug-likeness (QED) is 0.446. The number of carbonyl (C=O) groups excluding carboxylic acids is 2. The molecule has 2 amide bonds. The lowest BCUT2D eigenvalue weighted by atomic mass is 9.94. The Morgan fingerprint density at radius 3 is 2.38 bits per heavy atom. The van der Waals surface area contributed by atoms with Crippen molar-refractivity contribution >= 4 is 23.4 Å². The molecule has 0 unspecified atom stereocenters. The molecule has 0 atom stereocenters. The van der Waals surface area contributed by atoms with E-state index < -0.39 is 0 Å². The van der Waals surface area contributed by atoms with E-state index in [-0.39, 0.29) is 30.3 Å². The normalized spacial score (nSPS) is 17.1. The van der Waals surface area contributed by atoms with Crippen LogP contribution in [-0.4, -0.2) is 45.3 Å². The number of hydrogen-bond acceptors (Lipinski definition) is 2. The zero-order chi connectivity index (χ0) is 23.9. The van der Waals surface area contributed by atoms with Gasteiger partial charge in [0.25, 0.3) is 0 Å². The van der Waals surface area contributed by atoms with E-state index in [1.165, 1.54) is 6.42 Å². The maximum atomic E-state index is 13.7. The second-order valence-electron chi connectivity index (χ2n) is 9.87. The maximum Gasteiger partial charge on any atom is 0.242 e. The van der Waals surface area contributed by atoms with Gasteiger partial charge in [-0.3, -0.25) is 9.59 Å². The van der Waals surface area contributed by atoms with Crippen molar-refractivity contribution in [3.63, 3.8) is 0 Å². The molecule has 2 aromatic rings. The van der Waals surface area contributed by atoms with E-state index in [0.717, 1.165) is 67.6 Å². The van der Waals surface area contributed by atoms with E-state index in [9.17, 15) is 9.59 Å². The first-order valence-corrected chi connectivity index (χ1v) is 13.4. The minimum Gasteiger partial charge on any atom is -0.345 e. The van der Waals surface area contributed by atoms with Gasteiger partial charge in [0.2, 0.25) is 11.8 Å². The lowest BCUT2D eigenvalue weighted by molar-refractivity contribution is -0.144. The molecule has 34 heavy (non-hydrogen) atoms. The number of likely N-dealkylation sites (N-methyl/N-ethyl adjacent to an activating group) is 1. The molecule has 1 heterocycles. The van der Waals surface area contributed by atoms with Crippen molar-refractivity contribution in [2.24, 2.45) is 5.92 Å². The molecule has 1 aromatic heterocycles. The Hall–Kier alpha value is -2.27. The van der Waals surface area contributed by atoms with Crippen molar-refractivity contribution in [3.8, 4) is 0 Å². The first-order valence-electron chi connectivity index (χ1n) is 13.0. The number of amides is 2. The van der Waals surface area contributed by atoms with E-state index in [4.69, 9.17) is 11.6 Å². The molecule has 1 aromatic carbocycles. The fraction of sp³-hybridized carbons (Fsp3) is 0.571. The number of rotatable bonds is 9. The van der Waals surface area contributed by atoms with Gasteiger partial charge in [-0.1, -0.05) is 61.9 Å². The van der Waals surface area contributed by atoms with Crippen molar-refractivity contribution in [1.82, 2.24) is 14.4 Å². The van der Waals surface area contributed by atoms with Crippen LogP contribution < -0.4 is 0 Å². The van der Waals surface area contributed by atoms with Gasteiger partial charge in [-0.2, -0.15) is 0 Å². The topological polar surface area (TPSA) is 45.6 Å². The Balaban J connectivity index is 1.50. The summed E-state index contributed by atoms with van der Waals surface area (Å²) in [7, 11) is 0. The summed E-state index contributed by atoms with van der Waals surface area (Å²) >= 11 is 6.41. The van der Waals surface area contributed by atoms with Crippen molar-refractivity contribution in [1.29, 1.82) is 0 Å². The maximum absolute atomic E-state index is 13.7. The second kappa shape index (κ2) is 11.9. The van der Waals surface area contributed by atoms with E-state index in [2.05, 4.69) is 21.7 Å². The Labute approximate surface area is 209 Å². The molecule has 184 valence electrons. The molecule has 2 aliphatic carbocycles. The van der Waals surface area contributed by atoms with Crippen LogP contribution in [-0.2, 0) is 22.7 Å². The predicted molar refractivity (Wildman–Crippen MR) is 137 cm³/mol. The second-order valence-corrected chi connectivity index (χ2v) is 10.3. The van der Waals surface area contributed by atoms with Crippen molar-refractivity contribution < 1.29 is 9.59 Å². The van der Waals surface area contributed by atoms with Crippen molar-refractivity contribution in [3.05, 3.63) is 58.9 Å². The Morgan fingerprint density at radius 2 is 1.68 bits per heavy atom. The molecular weight excluding hydrogens is 446 g/mol. The molecule has 0 aliphatic heterocycles. The highest BCUT2D eigenvalue weighted by Crippen LogP contribution is 2.28. The standard InChI is InChI=1S/C28H38ClN3O2/c1-2-30(28(34)22-11-6-7-12-22)21-27(33)32(24-14-4-3-5-15-24)20-25-16-10-18-31(25)19-23-13-8-9-17-26(23)29/h8-10,13,16-18,22,24H,2-7,11-12,14-15,19-21H2,1H3. The third-order valence-electron chi connectivity index (χ3n) is 7.61. The summed E-state index contributed by atoms with van der Waals surface area (Å²) in [5, 5.41) is 0.756. The SMILES string of the molecule is CCN(CC(=O)N(Cc1cccn1Cc1ccccc1Cl)C1CCCCC1)C(=O)C1CCCC1. The van der Waals surface area contributed by atoms with Crippen LogP contribution in [0, 0.1) is 5.92 Å². The van der Waals surface area contributed by atoms with E-state index in [0.29, 0.717) is 19.6 Å². The van der Waals surface area contributed by atoms with Gasteiger partial charge < -0.3 is 14.4 Å². The number of hydrogen-bond donors (Lipinski definition) is 0. The third-order valence-corrected chi connectivity index (χ3v) is 7.98. The lowest BCUT2D eigenvalue weighted by Gasteiger charge is -2.36. The van der Waals surface area contributed by atoms with Gasteiger partial charge in [-0.15, -0.1) is 0 Å². The van der Waals surface area contributed by atoms with E-state index in [1.54, 1.807) is 4.90 Å². The fourth-order valence-electron chi connectivity index (χ4n) is 5.58. The minimum atomic E-state index is 0.0746. The summed E-state index contributed by atoms with van der Waals surface area (Å²) in [6, 6.07) is 12.3. The van der Waals surface area contributed by atoms with Gasteiger partial charge in [0.1, 0.15) is 0 Å². The number of nitrogens with zero attached hydrogens (tertiary/aromatic N) is 3. The summed E-state index contributed by atoms with van der Waals surface area (Å²) < 4.78 is 2.19. The van der Waals surface area contributed by atoms with Crippen molar-refractivity contribution in [2.75, 3.05) is 13.1 Å². The zero-order valence-electron chi connectivity index (χ0n) is 20.4. The average molecular weight is 484 g/mol. The Morgan fingerprint density at radius 1 is 0.971 bits per heavy atom. The fourth-order valence-corrected chi connectivity index (χ4v) is 5.77. The van der Waals surface area contributed by atoms with Gasteiger partial charge in [-0.05, 0) is 56.4 Å². The van der Waals surface area contributed by atoms with Crippen LogP contribution in [0.2, 0.25) is 5.02 Å². The highest BCUT2D eigenvalue weighted by molar-refractivity contribution is 6.31. The largest absolute Gasteiger partial charge is 0.345 e. The van der Waals surface area contributed by atoms with Crippen LogP contribution >= 0.6 is 11.6 Å². The van der Waals surface area contributed by atoms with Crippen LogP contribution in [0.5, 0.6) is 0 Å². The molecule has 0 bridgehead atoms. The van der Waals surface area contributed by atoms with Crippen LogP contribution in [0.1, 0.15) is 76.0 Å². The zero-order valence-corrected chi connectivity index (χ0v) is 21.2. The molecule has 6 heteroatoms. The first-order chi connectivity index (χ1) is 16.6. The highest BCUT2D eigenvalue weighted by atomic mass is 35.5. The van der Waals surface area contributed by atoms with Gasteiger partial charge >= 0.3 is 0 Å². The van der Waals surface area contributed by atoms with Crippen LogP contribution in [0.25, 0.3) is 0 Å². The van der Waals surface area contributed by atoms with Gasteiger partial charge in [0.05, 0.1) is 13.1 Å². The predicted octanol–water partition coefficient (Wildman–Crippen LogP) is 5.89. The molecule has 0 N–H and O–H groups in total. The molecule has 2 saturated carbocycles. The van der Waals surface area contributed by atoms with Crippen LogP contribution in [0.15, 0.2) is 42.6 Å². The van der Waals surface area contributed by atoms with Gasteiger partial charge in [-0.25, -0.2) is 0 Å². The summed E-state index contributed by atoms with van der Waals surface area (Å²) in [5.41, 5.74) is 2.17. The molecule has 4 rings (SSSR count). The van der Waals surface area contributed by atoms with Gasteiger partial charge in [0, 0.05) is 42.0 Å². The summed E-state index contributed by atoms with van der Waals surface area (Å²) in [5.74, 6) is 0.341. The van der Waals surface area contributed by atoms with Crippen LogP contribution in [0.3, 0.4) is 0 Å². The minimum absolute atomic E-state index is 0.0746. The number of halogens is 1. The third kappa shape index (κ3) is 6.04. The Bertz CT molecular complexity index is 960. The lowest BCUT2D eigenvalue weighted by Crippen LogP contribution is -2.48. The van der Waals surface area contributed by atoms with Gasteiger partial charge in [0.15, 0.2) is 0 Å². The average Bonchev–Trinajstić information content (AvgIpc) is 3.55. The monoisotopic (exact) mass is 483 g/mol. The number of carbonyl (C=O) groups is 2. The highest BCUT2D eigenvalue weighted by Gasteiger charge is 2.31. The molecule has 5 nitrogen and oxygen atoms in total. The summed E-state index contributed by atoms with van der Waals surface area (Å²) in [6.45, 7) is 4.00. The number of aromatic nitrogens is 1. The molecule has 0 radical (unpaired) electrons. The first kappa shape index (κ1) is 24.8. The molecular formula is C28H38ClN3O2. The van der Waals surface area contributed by atoms with E-state index >= 15 is 0 Å². The number of benzene rings is 1. The molecule has 2 aliphatic rings. The molecule has 0 saturated heterocycles. The van der Waals surface area contributed by atoms with Crippen LogP contribution in [0.4, 0.5) is 0 Å². The Kier molecular flexibility index (Phi) is 8.71. The van der Waals surface area contributed by atoms with Crippen molar-refractivity contribution in [2.45, 2.75) is 83.8 Å². The smallest absolute Gasteiger partial charge is 0.242 e.